The van der Waals surface area contributed by atoms with E-state index in [1.165, 1.54) is 5.56 Å². The van der Waals surface area contributed by atoms with E-state index in [2.05, 4.69) is 62.9 Å². The quantitative estimate of drug-likeness (QED) is 0.845. The predicted molar refractivity (Wildman–Crippen MR) is 70.3 cm³/mol. The molecule has 90 valence electrons. The minimum atomic E-state index is 0.156. The molecule has 0 unspecified atom stereocenters. The van der Waals surface area contributed by atoms with Crippen molar-refractivity contribution < 1.29 is 0 Å². The summed E-state index contributed by atoms with van der Waals surface area (Å²) in [6.07, 6.45) is 0. The van der Waals surface area contributed by atoms with Crippen molar-refractivity contribution in [2.24, 2.45) is 5.73 Å². The molecule has 0 saturated heterocycles. The second kappa shape index (κ2) is 5.46. The lowest BCUT2D eigenvalue weighted by Crippen LogP contribution is -2.46. The molecule has 0 aliphatic rings. The molecular formula is C14H24N2. The van der Waals surface area contributed by atoms with E-state index in [0.717, 1.165) is 13.1 Å². The lowest BCUT2D eigenvalue weighted by Gasteiger charge is -2.36. The maximum Gasteiger partial charge on any atom is 0.0239 e. The van der Waals surface area contributed by atoms with Gasteiger partial charge in [0.2, 0.25) is 0 Å². The molecule has 0 heterocycles. The summed E-state index contributed by atoms with van der Waals surface area (Å²) in [7, 11) is 0. The van der Waals surface area contributed by atoms with Gasteiger partial charge < -0.3 is 5.73 Å². The number of rotatable bonds is 4. The highest BCUT2D eigenvalue weighted by atomic mass is 15.2. The molecule has 0 radical (unpaired) electrons. The van der Waals surface area contributed by atoms with Crippen molar-refractivity contribution in [3.8, 4) is 0 Å². The topological polar surface area (TPSA) is 29.3 Å². The lowest BCUT2D eigenvalue weighted by atomic mass is 10.0. The molecule has 0 fully saturated rings. The first kappa shape index (κ1) is 13.2. The number of nitrogens with two attached hydrogens (primary N) is 1. The van der Waals surface area contributed by atoms with Gasteiger partial charge in [0.25, 0.3) is 0 Å². The van der Waals surface area contributed by atoms with E-state index in [0.29, 0.717) is 0 Å². The molecule has 0 saturated carbocycles. The molecule has 2 nitrogen and oxygen atoms in total. The zero-order chi connectivity index (χ0) is 12.2. The third kappa shape index (κ3) is 4.33. The van der Waals surface area contributed by atoms with Crippen LogP contribution in [-0.4, -0.2) is 23.0 Å². The number of hydrogen-bond acceptors (Lipinski definition) is 2. The molecule has 1 aromatic rings. The van der Waals surface area contributed by atoms with Gasteiger partial charge in [-0.05, 0) is 33.3 Å². The Morgan fingerprint density at radius 3 is 2.19 bits per heavy atom. The third-order valence-electron chi connectivity index (χ3n) is 2.67. The van der Waals surface area contributed by atoms with Crippen molar-refractivity contribution >= 4 is 0 Å². The summed E-state index contributed by atoms with van der Waals surface area (Å²) in [4.78, 5) is 2.42. The molecule has 1 rings (SSSR count). The smallest absolute Gasteiger partial charge is 0.0239 e. The van der Waals surface area contributed by atoms with Gasteiger partial charge in [0.15, 0.2) is 0 Å². The summed E-state index contributed by atoms with van der Waals surface area (Å²) >= 11 is 0. The van der Waals surface area contributed by atoms with Gasteiger partial charge in [-0.3, -0.25) is 4.90 Å². The highest BCUT2D eigenvalue weighted by Crippen LogP contribution is 2.17. The van der Waals surface area contributed by atoms with Crippen molar-refractivity contribution in [1.29, 1.82) is 0 Å². The Morgan fingerprint density at radius 1 is 1.19 bits per heavy atom. The van der Waals surface area contributed by atoms with Gasteiger partial charge in [0.1, 0.15) is 0 Å². The van der Waals surface area contributed by atoms with Gasteiger partial charge in [-0.25, -0.2) is 0 Å². The van der Waals surface area contributed by atoms with Crippen LogP contribution in [0.15, 0.2) is 30.3 Å². The van der Waals surface area contributed by atoms with Gasteiger partial charge in [-0.15, -0.1) is 0 Å². The summed E-state index contributed by atoms with van der Waals surface area (Å²) < 4.78 is 0. The Balaban J connectivity index is 2.72. The molecule has 2 heteroatoms. The minimum Gasteiger partial charge on any atom is -0.327 e. The van der Waals surface area contributed by atoms with Crippen LogP contribution in [0.25, 0.3) is 0 Å². The van der Waals surface area contributed by atoms with Crippen LogP contribution in [0, 0.1) is 0 Å². The molecule has 16 heavy (non-hydrogen) atoms. The average Bonchev–Trinajstić information content (AvgIpc) is 2.16. The summed E-state index contributed by atoms with van der Waals surface area (Å²) in [5.41, 5.74) is 7.40. The highest BCUT2D eigenvalue weighted by Gasteiger charge is 2.21. The van der Waals surface area contributed by atoms with Gasteiger partial charge >= 0.3 is 0 Å². The zero-order valence-electron chi connectivity index (χ0n) is 10.9. The molecule has 0 aliphatic carbocycles. The summed E-state index contributed by atoms with van der Waals surface area (Å²) in [6, 6.07) is 10.8. The average molecular weight is 220 g/mol. The largest absolute Gasteiger partial charge is 0.327 e. The van der Waals surface area contributed by atoms with E-state index in [1.54, 1.807) is 0 Å². The summed E-state index contributed by atoms with van der Waals surface area (Å²) in [5, 5.41) is 0. The van der Waals surface area contributed by atoms with Crippen LogP contribution in [0.1, 0.15) is 33.3 Å². The Morgan fingerprint density at radius 2 is 1.75 bits per heavy atom. The van der Waals surface area contributed by atoms with Crippen molar-refractivity contribution in [1.82, 2.24) is 4.90 Å². The van der Waals surface area contributed by atoms with Crippen LogP contribution in [-0.2, 0) is 6.54 Å². The number of nitrogens with zero attached hydrogens (tertiary/aromatic N) is 1. The highest BCUT2D eigenvalue weighted by molar-refractivity contribution is 5.14. The summed E-state index contributed by atoms with van der Waals surface area (Å²) in [5.74, 6) is 0. The zero-order valence-corrected chi connectivity index (χ0v) is 10.9. The minimum absolute atomic E-state index is 0.156. The maximum atomic E-state index is 5.90. The van der Waals surface area contributed by atoms with E-state index in [9.17, 15) is 0 Å². The van der Waals surface area contributed by atoms with Crippen molar-refractivity contribution in [3.05, 3.63) is 35.9 Å². The van der Waals surface area contributed by atoms with E-state index in [4.69, 9.17) is 5.73 Å². The third-order valence-corrected chi connectivity index (χ3v) is 2.67. The molecule has 1 atom stereocenters. The Labute approximate surface area is 99.5 Å². The van der Waals surface area contributed by atoms with Gasteiger partial charge in [-0.2, -0.15) is 0 Å². The molecule has 0 spiro atoms. The fraction of sp³-hybridized carbons (Fsp3) is 0.571. The molecule has 0 aromatic heterocycles. The van der Waals surface area contributed by atoms with E-state index in [-0.39, 0.29) is 11.6 Å². The van der Waals surface area contributed by atoms with Crippen LogP contribution >= 0.6 is 0 Å². The molecule has 1 aromatic carbocycles. The molecule has 0 amide bonds. The normalized spacial score (nSPS) is 14.1. The number of hydrogen-bond donors (Lipinski definition) is 1. The predicted octanol–water partition coefficient (Wildman–Crippen LogP) is 2.63. The first-order valence-corrected chi connectivity index (χ1v) is 5.94. The second-order valence-corrected chi connectivity index (χ2v) is 5.51. The Kier molecular flexibility index (Phi) is 4.51. The van der Waals surface area contributed by atoms with Crippen LogP contribution in [0.2, 0.25) is 0 Å². The van der Waals surface area contributed by atoms with Crippen LogP contribution in [0.5, 0.6) is 0 Å². The van der Waals surface area contributed by atoms with E-state index in [1.807, 2.05) is 0 Å². The standard InChI is InChI=1S/C14H24N2/c1-12(15)10-16(14(2,3)4)11-13-8-6-5-7-9-13/h5-9,12H,10-11,15H2,1-4H3/t12-/m1/s1. The van der Waals surface area contributed by atoms with E-state index >= 15 is 0 Å². The van der Waals surface area contributed by atoms with Gasteiger partial charge in [0.05, 0.1) is 0 Å². The van der Waals surface area contributed by atoms with Crippen LogP contribution in [0.4, 0.5) is 0 Å². The molecule has 0 bridgehead atoms. The Bertz CT molecular complexity index is 298. The van der Waals surface area contributed by atoms with Crippen LogP contribution in [0.3, 0.4) is 0 Å². The van der Waals surface area contributed by atoms with E-state index < -0.39 is 0 Å². The monoisotopic (exact) mass is 220 g/mol. The summed E-state index contributed by atoms with van der Waals surface area (Å²) in [6.45, 7) is 10.7. The fourth-order valence-electron chi connectivity index (χ4n) is 1.73. The Hall–Kier alpha value is -0.860. The fourth-order valence-corrected chi connectivity index (χ4v) is 1.73. The van der Waals surface area contributed by atoms with Crippen molar-refractivity contribution in [3.63, 3.8) is 0 Å². The second-order valence-electron chi connectivity index (χ2n) is 5.51. The van der Waals surface area contributed by atoms with Gasteiger partial charge in [-0.1, -0.05) is 30.3 Å². The maximum absolute atomic E-state index is 5.90. The molecule has 2 N–H and O–H groups in total. The van der Waals surface area contributed by atoms with Crippen molar-refractivity contribution in [2.75, 3.05) is 6.54 Å². The molecular weight excluding hydrogens is 196 g/mol. The lowest BCUT2D eigenvalue weighted by molar-refractivity contribution is 0.121. The van der Waals surface area contributed by atoms with Gasteiger partial charge in [0, 0.05) is 24.7 Å². The first-order valence-electron chi connectivity index (χ1n) is 5.94. The first-order chi connectivity index (χ1) is 7.39. The van der Waals surface area contributed by atoms with Crippen LogP contribution < -0.4 is 5.73 Å². The number of benzene rings is 1. The molecule has 0 aliphatic heterocycles. The van der Waals surface area contributed by atoms with Crippen molar-refractivity contribution in [2.45, 2.75) is 45.8 Å². The SMILES string of the molecule is C[C@@H](N)CN(Cc1ccccc1)C(C)(C)C.